The molecule has 1 heterocycles. The highest BCUT2D eigenvalue weighted by Crippen LogP contribution is 2.28. The molecular weight excluding hydrogens is 198 g/mol. The number of rotatable bonds is 2. The third-order valence-corrected chi connectivity index (χ3v) is 1.94. The molecule has 0 aliphatic carbocycles. The third-order valence-electron chi connectivity index (χ3n) is 1.94. The van der Waals surface area contributed by atoms with Gasteiger partial charge in [-0.1, -0.05) is 0 Å². The first-order valence-electron chi connectivity index (χ1n) is 4.45. The molecule has 1 aliphatic rings. The van der Waals surface area contributed by atoms with Crippen molar-refractivity contribution in [1.82, 2.24) is 0 Å². The van der Waals surface area contributed by atoms with Gasteiger partial charge < -0.3 is 9.47 Å². The molecule has 0 fully saturated rings. The van der Waals surface area contributed by atoms with Crippen molar-refractivity contribution in [1.29, 1.82) is 0 Å². The molecule has 0 unspecified atom stereocenters. The molecule has 1 rings (SSSR count). The summed E-state index contributed by atoms with van der Waals surface area (Å²) in [5.41, 5.74) is -0.699. The Balaban J connectivity index is 2.96. The van der Waals surface area contributed by atoms with E-state index in [-0.39, 0.29) is 11.7 Å². The molecule has 0 saturated carbocycles. The molecule has 0 spiro atoms. The Morgan fingerprint density at radius 2 is 2.07 bits per heavy atom. The summed E-state index contributed by atoms with van der Waals surface area (Å²) >= 11 is 0. The van der Waals surface area contributed by atoms with Crippen LogP contribution in [0.1, 0.15) is 20.8 Å². The molecule has 5 nitrogen and oxygen atoms in total. The molecule has 0 bridgehead atoms. The van der Waals surface area contributed by atoms with E-state index in [1.54, 1.807) is 13.8 Å². The lowest BCUT2D eigenvalue weighted by Gasteiger charge is -2.12. The van der Waals surface area contributed by atoms with E-state index in [1.165, 1.54) is 20.1 Å². The highest BCUT2D eigenvalue weighted by Gasteiger charge is 2.35. The van der Waals surface area contributed by atoms with Crippen molar-refractivity contribution in [3.8, 4) is 0 Å². The standard InChI is InChI=1S/C10H13NO4/c1-6(12)9-11-10(2,3)7(15-9)5-8(13)14-4/h5H,1-4H3/b7-5+. The van der Waals surface area contributed by atoms with Gasteiger partial charge in [0, 0.05) is 6.92 Å². The second kappa shape index (κ2) is 3.84. The average Bonchev–Trinajstić information content (AvgIpc) is 2.42. The van der Waals surface area contributed by atoms with Gasteiger partial charge in [-0.2, -0.15) is 0 Å². The van der Waals surface area contributed by atoms with Crippen LogP contribution in [0.3, 0.4) is 0 Å². The number of aliphatic imine (C=N–C) groups is 1. The molecule has 0 aromatic rings. The van der Waals surface area contributed by atoms with Crippen molar-refractivity contribution in [2.45, 2.75) is 26.3 Å². The summed E-state index contributed by atoms with van der Waals surface area (Å²) in [6.07, 6.45) is 1.19. The zero-order valence-corrected chi connectivity index (χ0v) is 9.16. The van der Waals surface area contributed by atoms with Crippen LogP contribution >= 0.6 is 0 Å². The first-order chi connectivity index (χ1) is 6.86. The number of carbonyl (C=O) groups excluding carboxylic acids is 2. The maximum absolute atomic E-state index is 11.0. The summed E-state index contributed by atoms with van der Waals surface area (Å²) in [4.78, 5) is 26.1. The molecule has 82 valence electrons. The van der Waals surface area contributed by atoms with Crippen molar-refractivity contribution >= 4 is 17.7 Å². The highest BCUT2D eigenvalue weighted by molar-refractivity contribution is 6.36. The number of ether oxygens (including phenoxy) is 2. The molecule has 5 heteroatoms. The molecule has 15 heavy (non-hydrogen) atoms. The summed E-state index contributed by atoms with van der Waals surface area (Å²) in [7, 11) is 1.27. The van der Waals surface area contributed by atoms with Crippen molar-refractivity contribution in [2.75, 3.05) is 7.11 Å². The molecule has 0 N–H and O–H groups in total. The molecule has 0 aromatic carbocycles. The van der Waals surface area contributed by atoms with Gasteiger partial charge >= 0.3 is 5.97 Å². The lowest BCUT2D eigenvalue weighted by molar-refractivity contribution is -0.135. The van der Waals surface area contributed by atoms with Crippen LogP contribution in [0.15, 0.2) is 16.8 Å². The quantitative estimate of drug-likeness (QED) is 0.501. The van der Waals surface area contributed by atoms with Gasteiger partial charge in [0.2, 0.25) is 5.78 Å². The van der Waals surface area contributed by atoms with E-state index >= 15 is 0 Å². The van der Waals surface area contributed by atoms with Gasteiger partial charge in [0.1, 0.15) is 11.3 Å². The molecule has 0 amide bonds. The summed E-state index contributed by atoms with van der Waals surface area (Å²) in [5.74, 6) is -0.455. The van der Waals surface area contributed by atoms with E-state index in [4.69, 9.17) is 4.74 Å². The van der Waals surface area contributed by atoms with Crippen LogP contribution in [0.4, 0.5) is 0 Å². The van der Waals surface area contributed by atoms with Crippen molar-refractivity contribution in [3.63, 3.8) is 0 Å². The first kappa shape index (κ1) is 11.4. The predicted molar refractivity (Wildman–Crippen MR) is 53.4 cm³/mol. The van der Waals surface area contributed by atoms with E-state index in [9.17, 15) is 9.59 Å². The number of hydrogen-bond donors (Lipinski definition) is 0. The minimum atomic E-state index is -0.699. The zero-order valence-electron chi connectivity index (χ0n) is 9.16. The van der Waals surface area contributed by atoms with Crippen LogP contribution in [0.25, 0.3) is 0 Å². The van der Waals surface area contributed by atoms with E-state index in [2.05, 4.69) is 9.73 Å². The number of esters is 1. The Bertz CT molecular complexity index is 366. The second-order valence-electron chi connectivity index (χ2n) is 3.67. The minimum absolute atomic E-state index is 0.0233. The number of Topliss-reactive ketones (excluding diaryl/α,β-unsaturated/α-hetero) is 1. The third kappa shape index (κ3) is 2.43. The molecule has 0 saturated heterocycles. The molecule has 1 aliphatic heterocycles. The molecule has 0 atom stereocenters. The minimum Gasteiger partial charge on any atom is -0.466 e. The average molecular weight is 211 g/mol. The monoisotopic (exact) mass is 211 g/mol. The van der Waals surface area contributed by atoms with Crippen molar-refractivity contribution < 1.29 is 19.1 Å². The Kier molecular flexibility index (Phi) is 2.93. The first-order valence-corrected chi connectivity index (χ1v) is 4.45. The number of nitrogens with zero attached hydrogens (tertiary/aromatic N) is 1. The largest absolute Gasteiger partial charge is 0.466 e. The fourth-order valence-electron chi connectivity index (χ4n) is 1.08. The van der Waals surface area contributed by atoms with Crippen LogP contribution in [0.2, 0.25) is 0 Å². The normalized spacial score (nSPS) is 20.8. The lowest BCUT2D eigenvalue weighted by atomic mass is 10.0. The van der Waals surface area contributed by atoms with Gasteiger partial charge in [0.05, 0.1) is 13.2 Å². The van der Waals surface area contributed by atoms with Crippen LogP contribution in [-0.2, 0) is 19.1 Å². The Morgan fingerprint density at radius 1 is 1.47 bits per heavy atom. The summed E-state index contributed by atoms with van der Waals surface area (Å²) in [6.45, 7) is 4.85. The fraction of sp³-hybridized carbons (Fsp3) is 0.500. The predicted octanol–water partition coefficient (Wildman–Crippen LogP) is 0.840. The Hall–Kier alpha value is -1.65. The van der Waals surface area contributed by atoms with Gasteiger partial charge in [0.15, 0.2) is 0 Å². The number of hydrogen-bond acceptors (Lipinski definition) is 5. The summed E-state index contributed by atoms with van der Waals surface area (Å²) < 4.78 is 9.64. The second-order valence-corrected chi connectivity index (χ2v) is 3.67. The van der Waals surface area contributed by atoms with Gasteiger partial charge in [-0.25, -0.2) is 9.79 Å². The van der Waals surface area contributed by atoms with Crippen LogP contribution < -0.4 is 0 Å². The number of ketones is 1. The van der Waals surface area contributed by atoms with Gasteiger partial charge in [-0.15, -0.1) is 0 Å². The van der Waals surface area contributed by atoms with E-state index < -0.39 is 11.5 Å². The SMILES string of the molecule is COC(=O)/C=C1/OC(C(C)=O)=NC1(C)C. The topological polar surface area (TPSA) is 65.0 Å². The highest BCUT2D eigenvalue weighted by atomic mass is 16.5. The van der Waals surface area contributed by atoms with Crippen LogP contribution in [0.5, 0.6) is 0 Å². The van der Waals surface area contributed by atoms with Crippen LogP contribution in [0, 0.1) is 0 Å². The van der Waals surface area contributed by atoms with Gasteiger partial charge in [-0.05, 0) is 13.8 Å². The van der Waals surface area contributed by atoms with E-state index in [0.717, 1.165) is 0 Å². The van der Waals surface area contributed by atoms with Crippen LogP contribution in [-0.4, -0.2) is 30.3 Å². The summed E-state index contributed by atoms with van der Waals surface area (Å²) in [6, 6.07) is 0. The molecule has 0 radical (unpaired) electrons. The van der Waals surface area contributed by atoms with Gasteiger partial charge in [0.25, 0.3) is 5.90 Å². The zero-order chi connectivity index (χ0) is 11.6. The van der Waals surface area contributed by atoms with Crippen molar-refractivity contribution in [2.24, 2.45) is 4.99 Å². The Morgan fingerprint density at radius 3 is 2.47 bits per heavy atom. The molecule has 0 aromatic heterocycles. The van der Waals surface area contributed by atoms with E-state index in [1.807, 2.05) is 0 Å². The van der Waals surface area contributed by atoms with E-state index in [0.29, 0.717) is 5.76 Å². The smallest absolute Gasteiger partial charge is 0.333 e. The molecular formula is C10H13NO4. The fourth-order valence-corrected chi connectivity index (χ4v) is 1.08. The van der Waals surface area contributed by atoms with Gasteiger partial charge in [-0.3, -0.25) is 4.79 Å². The summed E-state index contributed by atoms with van der Waals surface area (Å²) in [5, 5.41) is 0. The maximum atomic E-state index is 11.0. The number of carbonyl (C=O) groups is 2. The number of methoxy groups -OCH3 is 1. The maximum Gasteiger partial charge on any atom is 0.333 e. The lowest BCUT2D eigenvalue weighted by Crippen LogP contribution is -2.17. The Labute approximate surface area is 87.8 Å². The van der Waals surface area contributed by atoms with Crippen molar-refractivity contribution in [3.05, 3.63) is 11.8 Å².